The Labute approximate surface area is 205 Å². The van der Waals surface area contributed by atoms with E-state index in [1.807, 2.05) is 0 Å². The van der Waals surface area contributed by atoms with Gasteiger partial charge in [-0.2, -0.15) is 0 Å². The minimum absolute atomic E-state index is 0.0172. The zero-order valence-corrected chi connectivity index (χ0v) is 20.3. The van der Waals surface area contributed by atoms with E-state index in [0.29, 0.717) is 17.4 Å². The maximum atomic E-state index is 13.0. The Bertz CT molecular complexity index is 1050. The Balaban J connectivity index is 1.57. The summed E-state index contributed by atoms with van der Waals surface area (Å²) in [5.74, 6) is -1.54. The summed E-state index contributed by atoms with van der Waals surface area (Å²) >= 11 is 0. The summed E-state index contributed by atoms with van der Waals surface area (Å²) in [7, 11) is 0. The van der Waals surface area contributed by atoms with Crippen molar-refractivity contribution in [3.8, 4) is 0 Å². The maximum absolute atomic E-state index is 13.0. The molecule has 0 heterocycles. The molecule has 8 nitrogen and oxygen atoms in total. The van der Waals surface area contributed by atoms with Crippen molar-refractivity contribution in [2.45, 2.75) is 46.1 Å². The molecule has 1 aliphatic carbocycles. The largest absolute Gasteiger partial charge is 0.458 e. The molecule has 2 aromatic rings. The number of hydrazine groups is 1. The van der Waals surface area contributed by atoms with E-state index in [-0.39, 0.29) is 23.1 Å². The van der Waals surface area contributed by atoms with Gasteiger partial charge >= 0.3 is 11.9 Å². The van der Waals surface area contributed by atoms with Crippen LogP contribution in [0, 0.1) is 17.8 Å². The molecular weight excluding hydrogens is 448 g/mol. The van der Waals surface area contributed by atoms with Crippen LogP contribution < -0.4 is 10.9 Å². The molecule has 0 aromatic heterocycles. The van der Waals surface area contributed by atoms with Crippen LogP contribution in [-0.2, 0) is 14.3 Å². The second-order valence-corrected chi connectivity index (χ2v) is 9.26. The zero-order chi connectivity index (χ0) is 25.4. The summed E-state index contributed by atoms with van der Waals surface area (Å²) in [6, 6.07) is 14.5. The van der Waals surface area contributed by atoms with Crippen LogP contribution >= 0.6 is 0 Å². The Morgan fingerprint density at radius 3 is 2.17 bits per heavy atom. The van der Waals surface area contributed by atoms with Gasteiger partial charge in [0.15, 0.2) is 6.61 Å². The fourth-order valence-electron chi connectivity index (χ4n) is 4.32. The number of amides is 2. The van der Waals surface area contributed by atoms with Gasteiger partial charge in [-0.05, 0) is 54.9 Å². The van der Waals surface area contributed by atoms with Crippen molar-refractivity contribution in [2.24, 2.45) is 17.8 Å². The molecule has 2 aromatic carbocycles. The van der Waals surface area contributed by atoms with E-state index in [9.17, 15) is 19.2 Å². The highest BCUT2D eigenvalue weighted by atomic mass is 16.5. The molecule has 35 heavy (non-hydrogen) atoms. The number of ether oxygens (including phenoxy) is 2. The van der Waals surface area contributed by atoms with Crippen LogP contribution in [0.3, 0.4) is 0 Å². The van der Waals surface area contributed by atoms with Gasteiger partial charge in [-0.3, -0.25) is 20.4 Å². The van der Waals surface area contributed by atoms with Crippen molar-refractivity contribution in [1.29, 1.82) is 0 Å². The van der Waals surface area contributed by atoms with Crippen LogP contribution in [0.25, 0.3) is 0 Å². The summed E-state index contributed by atoms with van der Waals surface area (Å²) in [6.07, 6.45) is 2.68. The topological polar surface area (TPSA) is 111 Å². The fourth-order valence-corrected chi connectivity index (χ4v) is 4.32. The minimum atomic E-state index is -0.834. The predicted octanol–water partition coefficient (Wildman–Crippen LogP) is 3.92. The normalized spacial score (nSPS) is 19.5. The zero-order valence-electron chi connectivity index (χ0n) is 20.3. The van der Waals surface area contributed by atoms with Crippen LogP contribution in [0.4, 0.5) is 0 Å². The molecule has 0 bridgehead atoms. The molecule has 186 valence electrons. The standard InChI is InChI=1S/C27H32N2O6/c1-17(2)20-14-13-18(3)15-23(20)35-27(33)22-12-8-7-11-21(22)26(32)34-16-24(30)28-29-25(31)19-9-5-4-6-10-19/h4-12,17-18,20,23H,13-16H2,1-3H3,(H,28,30)(H,29,31)/t18-,20+,23+/m1/s1. The van der Waals surface area contributed by atoms with E-state index in [4.69, 9.17) is 9.47 Å². The third kappa shape index (κ3) is 7.15. The molecule has 1 fully saturated rings. The Morgan fingerprint density at radius 1 is 0.886 bits per heavy atom. The van der Waals surface area contributed by atoms with E-state index in [1.54, 1.807) is 42.5 Å². The highest BCUT2D eigenvalue weighted by molar-refractivity contribution is 6.03. The van der Waals surface area contributed by atoms with Crippen LogP contribution in [0.15, 0.2) is 54.6 Å². The van der Waals surface area contributed by atoms with Crippen molar-refractivity contribution in [3.05, 3.63) is 71.3 Å². The van der Waals surface area contributed by atoms with Crippen LogP contribution in [0.5, 0.6) is 0 Å². The van der Waals surface area contributed by atoms with E-state index in [1.165, 1.54) is 12.1 Å². The lowest BCUT2D eigenvalue weighted by molar-refractivity contribution is -0.125. The number of hydrogen-bond acceptors (Lipinski definition) is 6. The third-order valence-corrected chi connectivity index (χ3v) is 6.27. The van der Waals surface area contributed by atoms with E-state index >= 15 is 0 Å². The van der Waals surface area contributed by atoms with Gasteiger partial charge in [-0.1, -0.05) is 57.5 Å². The first-order valence-electron chi connectivity index (χ1n) is 11.9. The molecule has 0 aliphatic heterocycles. The summed E-state index contributed by atoms with van der Waals surface area (Å²) in [5, 5.41) is 0. The predicted molar refractivity (Wildman–Crippen MR) is 129 cm³/mol. The van der Waals surface area contributed by atoms with E-state index < -0.39 is 30.4 Å². The Morgan fingerprint density at radius 2 is 1.51 bits per heavy atom. The second-order valence-electron chi connectivity index (χ2n) is 9.26. The van der Waals surface area contributed by atoms with Gasteiger partial charge in [-0.15, -0.1) is 0 Å². The average Bonchev–Trinajstić information content (AvgIpc) is 2.86. The van der Waals surface area contributed by atoms with Gasteiger partial charge in [0.25, 0.3) is 11.8 Å². The molecule has 3 atom stereocenters. The molecule has 2 amide bonds. The number of rotatable bonds is 7. The van der Waals surface area contributed by atoms with Crippen molar-refractivity contribution in [1.82, 2.24) is 10.9 Å². The smallest absolute Gasteiger partial charge is 0.339 e. The van der Waals surface area contributed by atoms with Crippen LogP contribution in [0.2, 0.25) is 0 Å². The third-order valence-electron chi connectivity index (χ3n) is 6.27. The highest BCUT2D eigenvalue weighted by Crippen LogP contribution is 2.35. The van der Waals surface area contributed by atoms with E-state index in [0.717, 1.165) is 19.3 Å². The minimum Gasteiger partial charge on any atom is -0.458 e. The quantitative estimate of drug-likeness (QED) is 0.459. The first-order chi connectivity index (χ1) is 16.8. The molecule has 0 saturated heterocycles. The summed E-state index contributed by atoms with van der Waals surface area (Å²) in [5.41, 5.74) is 4.92. The average molecular weight is 481 g/mol. The Hall–Kier alpha value is -3.68. The van der Waals surface area contributed by atoms with Gasteiger partial charge in [0, 0.05) is 5.56 Å². The van der Waals surface area contributed by atoms with Gasteiger partial charge in [0.2, 0.25) is 0 Å². The lowest BCUT2D eigenvalue weighted by atomic mass is 9.75. The second kappa shape index (κ2) is 12.1. The van der Waals surface area contributed by atoms with Crippen LogP contribution in [-0.4, -0.2) is 36.5 Å². The Kier molecular flexibility index (Phi) is 9.00. The van der Waals surface area contributed by atoms with Crippen molar-refractivity contribution >= 4 is 23.8 Å². The number of hydrogen-bond donors (Lipinski definition) is 2. The molecule has 0 spiro atoms. The molecule has 3 rings (SSSR count). The monoisotopic (exact) mass is 480 g/mol. The molecule has 0 unspecified atom stereocenters. The van der Waals surface area contributed by atoms with Gasteiger partial charge in [0.05, 0.1) is 11.1 Å². The molecule has 2 N–H and O–H groups in total. The molecule has 0 radical (unpaired) electrons. The summed E-state index contributed by atoms with van der Waals surface area (Å²) in [4.78, 5) is 49.7. The first kappa shape index (κ1) is 25.9. The number of esters is 2. The molecule has 1 aliphatic rings. The van der Waals surface area contributed by atoms with Gasteiger partial charge < -0.3 is 9.47 Å². The highest BCUT2D eigenvalue weighted by Gasteiger charge is 2.34. The lowest BCUT2D eigenvalue weighted by Gasteiger charge is -2.36. The maximum Gasteiger partial charge on any atom is 0.339 e. The van der Waals surface area contributed by atoms with Crippen molar-refractivity contribution in [3.63, 3.8) is 0 Å². The molecule has 8 heteroatoms. The SMILES string of the molecule is CC(C)[C@@H]1CC[C@@H](C)C[C@@H]1OC(=O)c1ccccc1C(=O)OCC(=O)NNC(=O)c1ccccc1. The number of carbonyl (C=O) groups is 4. The summed E-state index contributed by atoms with van der Waals surface area (Å²) < 4.78 is 10.9. The molecule has 1 saturated carbocycles. The first-order valence-corrected chi connectivity index (χ1v) is 11.9. The van der Waals surface area contributed by atoms with Crippen molar-refractivity contribution in [2.75, 3.05) is 6.61 Å². The van der Waals surface area contributed by atoms with Gasteiger partial charge in [-0.25, -0.2) is 9.59 Å². The van der Waals surface area contributed by atoms with Gasteiger partial charge in [0.1, 0.15) is 6.10 Å². The number of benzene rings is 2. The number of nitrogens with one attached hydrogen (secondary N) is 2. The van der Waals surface area contributed by atoms with E-state index in [2.05, 4.69) is 31.6 Å². The lowest BCUT2D eigenvalue weighted by Crippen LogP contribution is -2.43. The number of carbonyl (C=O) groups excluding carboxylic acids is 4. The summed E-state index contributed by atoms with van der Waals surface area (Å²) in [6.45, 7) is 5.77. The molecular formula is C27H32N2O6. The van der Waals surface area contributed by atoms with Crippen molar-refractivity contribution < 1.29 is 28.7 Å². The van der Waals surface area contributed by atoms with Crippen LogP contribution in [0.1, 0.15) is 71.1 Å². The fraction of sp³-hybridized carbons (Fsp3) is 0.407.